The van der Waals surface area contributed by atoms with E-state index in [0.717, 1.165) is 4.73 Å². The predicted molar refractivity (Wildman–Crippen MR) is 71.2 cm³/mol. The van der Waals surface area contributed by atoms with Crippen LogP contribution in [0.25, 0.3) is 0 Å². The normalized spacial score (nSPS) is 10.6. The molecular formula is C13H11ClFNOS. The number of pyridine rings is 1. The summed E-state index contributed by atoms with van der Waals surface area (Å²) in [5, 5.41) is 12.4. The van der Waals surface area contributed by atoms with Crippen molar-refractivity contribution >= 4 is 23.4 Å². The van der Waals surface area contributed by atoms with Crippen molar-refractivity contribution in [2.24, 2.45) is 0 Å². The maximum absolute atomic E-state index is 13.5. The van der Waals surface area contributed by atoms with Gasteiger partial charge in [0.1, 0.15) is 5.82 Å². The highest BCUT2D eigenvalue weighted by atomic mass is 35.5. The largest absolute Gasteiger partial charge is 0.618 e. The van der Waals surface area contributed by atoms with Crippen molar-refractivity contribution in [3.8, 4) is 0 Å². The molecule has 0 N–H and O–H groups in total. The van der Waals surface area contributed by atoms with Crippen molar-refractivity contribution in [2.75, 3.05) is 5.75 Å². The van der Waals surface area contributed by atoms with Crippen LogP contribution in [0.15, 0.2) is 47.6 Å². The summed E-state index contributed by atoms with van der Waals surface area (Å²) in [5.41, 5.74) is 0.500. The van der Waals surface area contributed by atoms with Crippen LogP contribution in [0, 0.1) is 11.0 Å². The lowest BCUT2D eigenvalue weighted by Crippen LogP contribution is -2.27. The summed E-state index contributed by atoms with van der Waals surface area (Å²) < 4.78 is 14.3. The minimum Gasteiger partial charge on any atom is -0.618 e. The molecule has 0 aliphatic rings. The average Bonchev–Trinajstić information content (AvgIpc) is 2.35. The molecule has 2 nitrogen and oxygen atoms in total. The number of hydrogen-bond donors (Lipinski definition) is 0. The van der Waals surface area contributed by atoms with Crippen molar-refractivity contribution in [2.45, 2.75) is 11.4 Å². The van der Waals surface area contributed by atoms with Crippen LogP contribution in [0.4, 0.5) is 4.39 Å². The van der Waals surface area contributed by atoms with Crippen LogP contribution in [0.2, 0.25) is 5.02 Å². The molecule has 0 radical (unpaired) electrons. The lowest BCUT2D eigenvalue weighted by molar-refractivity contribution is -0.645. The molecule has 5 heteroatoms. The second kappa shape index (κ2) is 6.07. The van der Waals surface area contributed by atoms with Gasteiger partial charge in [0.2, 0.25) is 0 Å². The lowest BCUT2D eigenvalue weighted by Gasteiger charge is -2.06. The van der Waals surface area contributed by atoms with E-state index >= 15 is 0 Å². The minimum atomic E-state index is -0.300. The summed E-state index contributed by atoms with van der Waals surface area (Å²) in [4.78, 5) is 0. The second-order valence-corrected chi connectivity index (χ2v) is 5.19. The summed E-state index contributed by atoms with van der Waals surface area (Å²) >= 11 is 7.31. The third-order valence-electron chi connectivity index (χ3n) is 2.45. The van der Waals surface area contributed by atoms with Crippen LogP contribution in [-0.2, 0) is 6.42 Å². The maximum atomic E-state index is 13.5. The molecule has 0 saturated carbocycles. The summed E-state index contributed by atoms with van der Waals surface area (Å²) in [6, 6.07) is 9.85. The monoisotopic (exact) mass is 283 g/mol. The standard InChI is InChI=1S/C13H11ClFNOS/c14-11-4-3-5-12(15)10(11)7-9-18-13-6-1-2-8-16(13)17/h1-6,8H,7,9H2. The molecule has 18 heavy (non-hydrogen) atoms. The Bertz CT molecular complexity index is 530. The van der Waals surface area contributed by atoms with E-state index in [2.05, 4.69) is 0 Å². The molecule has 0 aliphatic heterocycles. The van der Waals surface area contributed by atoms with Gasteiger partial charge in [-0.3, -0.25) is 0 Å². The van der Waals surface area contributed by atoms with Gasteiger partial charge in [0.25, 0.3) is 5.03 Å². The molecule has 0 atom stereocenters. The van der Waals surface area contributed by atoms with Gasteiger partial charge in [-0.05, 0) is 24.6 Å². The highest BCUT2D eigenvalue weighted by Gasteiger charge is 2.09. The van der Waals surface area contributed by atoms with Crippen LogP contribution in [0.3, 0.4) is 0 Å². The molecule has 0 saturated heterocycles. The van der Waals surface area contributed by atoms with Gasteiger partial charge in [0.05, 0.1) is 0 Å². The van der Waals surface area contributed by atoms with Gasteiger partial charge in [-0.15, -0.1) is 0 Å². The molecule has 0 fully saturated rings. The van der Waals surface area contributed by atoms with Gasteiger partial charge in [0.15, 0.2) is 6.20 Å². The highest BCUT2D eigenvalue weighted by molar-refractivity contribution is 7.99. The van der Waals surface area contributed by atoms with Gasteiger partial charge in [-0.1, -0.05) is 29.4 Å². The molecule has 0 spiro atoms. The van der Waals surface area contributed by atoms with Crippen LogP contribution >= 0.6 is 23.4 Å². The molecule has 0 bridgehead atoms. The fourth-order valence-electron chi connectivity index (χ4n) is 1.55. The molecule has 2 aromatic rings. The molecule has 0 aliphatic carbocycles. The smallest absolute Gasteiger partial charge is 0.251 e. The van der Waals surface area contributed by atoms with Crippen molar-refractivity contribution in [3.05, 3.63) is 64.2 Å². The Kier molecular flexibility index (Phi) is 4.44. The van der Waals surface area contributed by atoms with Gasteiger partial charge >= 0.3 is 0 Å². The first-order chi connectivity index (χ1) is 8.68. The zero-order valence-corrected chi connectivity index (χ0v) is 11.0. The Morgan fingerprint density at radius 1 is 1.22 bits per heavy atom. The van der Waals surface area contributed by atoms with Crippen LogP contribution in [0.5, 0.6) is 0 Å². The summed E-state index contributed by atoms with van der Waals surface area (Å²) in [7, 11) is 0. The van der Waals surface area contributed by atoms with E-state index in [1.807, 2.05) is 0 Å². The molecule has 1 heterocycles. The first-order valence-corrected chi connectivity index (χ1v) is 6.78. The summed E-state index contributed by atoms with van der Waals surface area (Å²) in [5.74, 6) is 0.304. The third kappa shape index (κ3) is 3.15. The van der Waals surface area contributed by atoms with E-state index < -0.39 is 0 Å². The number of halogens is 2. The zero-order valence-electron chi connectivity index (χ0n) is 9.48. The molecule has 2 rings (SSSR count). The van der Waals surface area contributed by atoms with E-state index in [1.165, 1.54) is 24.0 Å². The van der Waals surface area contributed by atoms with Crippen LogP contribution in [0.1, 0.15) is 5.56 Å². The SMILES string of the molecule is [O-][n+]1ccccc1SCCc1c(F)cccc1Cl. The first kappa shape index (κ1) is 13.2. The number of hydrogen-bond acceptors (Lipinski definition) is 2. The quantitative estimate of drug-likeness (QED) is 0.488. The Balaban J connectivity index is 1.99. The van der Waals surface area contributed by atoms with E-state index in [9.17, 15) is 9.60 Å². The molecule has 1 aromatic heterocycles. The fourth-order valence-corrected chi connectivity index (χ4v) is 2.69. The number of benzene rings is 1. The fraction of sp³-hybridized carbons (Fsp3) is 0.154. The zero-order chi connectivity index (χ0) is 13.0. The highest BCUT2D eigenvalue weighted by Crippen LogP contribution is 2.22. The Labute approximate surface area is 114 Å². The summed E-state index contributed by atoms with van der Waals surface area (Å²) in [6.45, 7) is 0. The maximum Gasteiger partial charge on any atom is 0.251 e. The number of rotatable bonds is 4. The second-order valence-electron chi connectivity index (χ2n) is 3.66. The van der Waals surface area contributed by atoms with Crippen molar-refractivity contribution in [3.63, 3.8) is 0 Å². The molecule has 94 valence electrons. The van der Waals surface area contributed by atoms with E-state index in [4.69, 9.17) is 11.6 Å². The predicted octanol–water partition coefficient (Wildman–Crippen LogP) is 3.45. The Morgan fingerprint density at radius 3 is 2.78 bits per heavy atom. The molecular weight excluding hydrogens is 273 g/mol. The van der Waals surface area contributed by atoms with E-state index in [-0.39, 0.29) is 5.82 Å². The van der Waals surface area contributed by atoms with Crippen molar-refractivity contribution in [1.29, 1.82) is 0 Å². The van der Waals surface area contributed by atoms with Gasteiger partial charge in [-0.25, -0.2) is 4.39 Å². The summed E-state index contributed by atoms with van der Waals surface area (Å²) in [6.07, 6.45) is 1.93. The van der Waals surface area contributed by atoms with Crippen LogP contribution < -0.4 is 4.73 Å². The topological polar surface area (TPSA) is 26.9 Å². The van der Waals surface area contributed by atoms with E-state index in [0.29, 0.717) is 27.8 Å². The average molecular weight is 284 g/mol. The molecule has 0 unspecified atom stereocenters. The molecule has 0 amide bonds. The van der Waals surface area contributed by atoms with Crippen molar-refractivity contribution < 1.29 is 9.12 Å². The van der Waals surface area contributed by atoms with E-state index in [1.54, 1.807) is 30.3 Å². The van der Waals surface area contributed by atoms with Gasteiger partial charge in [0, 0.05) is 28.5 Å². The first-order valence-electron chi connectivity index (χ1n) is 5.42. The Hall–Kier alpha value is -1.26. The van der Waals surface area contributed by atoms with Gasteiger partial charge < -0.3 is 5.21 Å². The lowest BCUT2D eigenvalue weighted by atomic mass is 10.1. The van der Waals surface area contributed by atoms with Crippen molar-refractivity contribution in [1.82, 2.24) is 0 Å². The minimum absolute atomic E-state index is 0.300. The molecule has 1 aromatic carbocycles. The van der Waals surface area contributed by atoms with Gasteiger partial charge in [-0.2, -0.15) is 4.73 Å². The number of nitrogens with zero attached hydrogens (tertiary/aromatic N) is 1. The Morgan fingerprint density at radius 2 is 2.06 bits per heavy atom. The third-order valence-corrected chi connectivity index (χ3v) is 3.83. The number of aromatic nitrogens is 1. The van der Waals surface area contributed by atoms with Crippen LogP contribution in [-0.4, -0.2) is 5.75 Å². The number of thioether (sulfide) groups is 1.